The molecule has 0 aromatic rings. The third-order valence-electron chi connectivity index (χ3n) is 0.223. The van der Waals surface area contributed by atoms with Crippen molar-refractivity contribution in [2.75, 3.05) is 0 Å². The molecule has 0 spiro atoms. The van der Waals surface area contributed by atoms with E-state index in [0.29, 0.717) is 0 Å². The van der Waals surface area contributed by atoms with Crippen molar-refractivity contribution in [2.24, 2.45) is 0 Å². The minimum atomic E-state index is -4.82. The molecule has 2 unspecified atom stereocenters. The Kier molecular flexibility index (Phi) is 2.99. The van der Waals surface area contributed by atoms with Gasteiger partial charge in [0.05, 0.1) is 0 Å². The summed E-state index contributed by atoms with van der Waals surface area (Å²) in [5.41, 5.74) is 0. The van der Waals surface area contributed by atoms with Crippen LogP contribution in [-0.2, 0) is 13.4 Å². The van der Waals surface area contributed by atoms with Crippen molar-refractivity contribution < 1.29 is 28.1 Å². The summed E-state index contributed by atoms with van der Waals surface area (Å²) >= 11 is 0. The van der Waals surface area contributed by atoms with E-state index in [9.17, 15) is 9.13 Å². The van der Waals surface area contributed by atoms with Crippen LogP contribution >= 0.6 is 24.0 Å². The van der Waals surface area contributed by atoms with E-state index in [1.54, 1.807) is 0 Å². The molecule has 3 N–H and O–H groups in total. The maximum absolute atomic E-state index is 10.0. The minimum Gasteiger partial charge on any atom is -0.321 e. The fraction of sp³-hybridized carbons (Fsp3) is 0. The largest absolute Gasteiger partial charge is 0.477 e. The first-order valence-electron chi connectivity index (χ1n) is 1.59. The highest BCUT2D eigenvalue weighted by Crippen LogP contribution is 2.61. The first-order valence-corrected chi connectivity index (χ1v) is 6.31. The third-order valence-corrected chi connectivity index (χ3v) is 2.86. The summed E-state index contributed by atoms with van der Waals surface area (Å²) in [5, 5.41) is 0. The number of phosphoric acid groups is 1. The first-order chi connectivity index (χ1) is 3.71. The van der Waals surface area contributed by atoms with Crippen molar-refractivity contribution in [3.8, 4) is 0 Å². The molecule has 9 heavy (non-hydrogen) atoms. The fourth-order valence-electron chi connectivity index (χ4n) is 0.152. The van der Waals surface area contributed by atoms with Crippen LogP contribution in [-0.4, -0.2) is 14.7 Å². The monoisotopic (exact) mass is 194 g/mol. The van der Waals surface area contributed by atoms with E-state index in [4.69, 9.17) is 14.7 Å². The Morgan fingerprint density at radius 3 is 1.56 bits per heavy atom. The predicted octanol–water partition coefficient (Wildman–Crippen LogP) is 0.0712. The molecule has 0 saturated carbocycles. The SMILES string of the molecule is O=P(O)(O)OP(=O)(O)P. The molecule has 0 bridgehead atoms. The van der Waals surface area contributed by atoms with Crippen LogP contribution in [0.25, 0.3) is 0 Å². The smallest absolute Gasteiger partial charge is 0.321 e. The molecule has 9 heteroatoms. The lowest BCUT2D eigenvalue weighted by Gasteiger charge is -2.05. The second-order valence-corrected chi connectivity index (χ2v) is 5.86. The highest BCUT2D eigenvalue weighted by molar-refractivity contribution is 8.13. The lowest BCUT2D eigenvalue weighted by Crippen LogP contribution is -1.79. The van der Waals surface area contributed by atoms with E-state index in [-0.39, 0.29) is 0 Å². The van der Waals surface area contributed by atoms with Crippen LogP contribution in [0, 0.1) is 0 Å². The molecule has 0 rings (SSSR count). The predicted molar refractivity (Wildman–Crippen MR) is 32.7 cm³/mol. The van der Waals surface area contributed by atoms with Crippen molar-refractivity contribution in [3.05, 3.63) is 0 Å². The normalized spacial score (nSPS) is 19.1. The third kappa shape index (κ3) is 8.73. The topological polar surface area (TPSA) is 104 Å². The van der Waals surface area contributed by atoms with Crippen LogP contribution in [0.5, 0.6) is 0 Å². The Morgan fingerprint density at radius 2 is 1.56 bits per heavy atom. The Morgan fingerprint density at radius 1 is 1.22 bits per heavy atom. The van der Waals surface area contributed by atoms with E-state index >= 15 is 0 Å². The summed E-state index contributed by atoms with van der Waals surface area (Å²) in [4.78, 5) is 24.0. The summed E-state index contributed by atoms with van der Waals surface area (Å²) in [5.74, 6) is 0. The molecule has 0 aliphatic carbocycles. The van der Waals surface area contributed by atoms with Gasteiger partial charge in [0.25, 0.3) is 0 Å². The van der Waals surface area contributed by atoms with Gasteiger partial charge in [0.15, 0.2) is 0 Å². The number of hydrogen-bond donors (Lipinski definition) is 3. The van der Waals surface area contributed by atoms with Crippen LogP contribution in [0.15, 0.2) is 0 Å². The van der Waals surface area contributed by atoms with Gasteiger partial charge in [-0.25, -0.2) is 8.88 Å². The van der Waals surface area contributed by atoms with Crippen LogP contribution < -0.4 is 0 Å². The standard InChI is InChI=1S/H5O6P3/c1-8(2,3)6-9(4,5)7/h7H2,(H,4,5)(H2,1,2,3). The van der Waals surface area contributed by atoms with Crippen molar-refractivity contribution in [3.63, 3.8) is 0 Å². The van der Waals surface area contributed by atoms with Gasteiger partial charge in [-0.1, -0.05) is 0 Å². The Balaban J connectivity index is 4.07. The molecule has 0 aromatic heterocycles. The molecule has 0 amide bonds. The average Bonchev–Trinajstić information content (AvgIpc) is 1.14. The lowest BCUT2D eigenvalue weighted by atomic mass is 15.7. The summed E-state index contributed by atoms with van der Waals surface area (Å²) in [6.07, 6.45) is 0. The van der Waals surface area contributed by atoms with Gasteiger partial charge in [0, 0.05) is 0 Å². The summed E-state index contributed by atoms with van der Waals surface area (Å²) < 4.78 is 23.2. The van der Waals surface area contributed by atoms with E-state index in [1.807, 2.05) is 0 Å². The van der Waals surface area contributed by atoms with Crippen molar-refractivity contribution in [1.29, 1.82) is 0 Å². The lowest BCUT2D eigenvalue weighted by molar-refractivity contribution is 0.270. The summed E-state index contributed by atoms with van der Waals surface area (Å²) in [6.45, 7) is 0. The van der Waals surface area contributed by atoms with Gasteiger partial charge >= 0.3 is 15.1 Å². The fourth-order valence-corrected chi connectivity index (χ4v) is 2.48. The van der Waals surface area contributed by atoms with Crippen LogP contribution in [0.2, 0.25) is 0 Å². The summed E-state index contributed by atoms with van der Waals surface area (Å²) in [7, 11) is -7.68. The molecule has 2 atom stereocenters. The van der Waals surface area contributed by atoms with Crippen molar-refractivity contribution in [2.45, 2.75) is 0 Å². The van der Waals surface area contributed by atoms with Gasteiger partial charge in [-0.3, -0.25) is 4.57 Å². The van der Waals surface area contributed by atoms with Gasteiger partial charge in [-0.15, -0.1) is 0 Å². The number of hydrogen-bond acceptors (Lipinski definition) is 3. The zero-order valence-corrected chi connectivity index (χ0v) is 6.98. The van der Waals surface area contributed by atoms with Crippen LogP contribution in [0.3, 0.4) is 0 Å². The molecule has 0 aliphatic heterocycles. The van der Waals surface area contributed by atoms with Gasteiger partial charge < -0.3 is 14.7 Å². The molecule has 0 radical (unpaired) electrons. The highest BCUT2D eigenvalue weighted by Gasteiger charge is 2.25. The summed E-state index contributed by atoms with van der Waals surface area (Å²) in [6, 6.07) is 0. The van der Waals surface area contributed by atoms with Crippen molar-refractivity contribution in [1.82, 2.24) is 0 Å². The highest BCUT2D eigenvalue weighted by atomic mass is 32.1. The molecule has 0 fully saturated rings. The van der Waals surface area contributed by atoms with E-state index in [2.05, 4.69) is 4.31 Å². The zero-order chi connectivity index (χ0) is 7.71. The van der Waals surface area contributed by atoms with E-state index in [0.717, 1.165) is 0 Å². The maximum atomic E-state index is 10.0. The second kappa shape index (κ2) is 2.77. The average molecular weight is 194 g/mol. The molecular formula is H5O6P3. The Bertz CT molecular complexity index is 149. The second-order valence-electron chi connectivity index (χ2n) is 1.14. The molecular weight excluding hydrogens is 189 g/mol. The maximum Gasteiger partial charge on any atom is 0.477 e. The molecule has 0 saturated heterocycles. The zero-order valence-electron chi connectivity index (χ0n) is 4.04. The van der Waals surface area contributed by atoms with Crippen molar-refractivity contribution >= 4 is 24.0 Å². The first kappa shape index (κ1) is 9.73. The van der Waals surface area contributed by atoms with E-state index in [1.165, 1.54) is 8.93 Å². The minimum absolute atomic E-state index is 1.28. The Hall–Kier alpha value is 0.730. The molecule has 6 nitrogen and oxygen atoms in total. The number of rotatable bonds is 2. The van der Waals surface area contributed by atoms with Gasteiger partial charge in [-0.05, 0) is 8.93 Å². The molecule has 0 heterocycles. The molecule has 0 aromatic carbocycles. The molecule has 56 valence electrons. The van der Waals surface area contributed by atoms with Gasteiger partial charge in [-0.2, -0.15) is 0 Å². The Labute approximate surface area is 53.1 Å². The van der Waals surface area contributed by atoms with Crippen LogP contribution in [0.4, 0.5) is 0 Å². The molecule has 0 aliphatic rings. The quantitative estimate of drug-likeness (QED) is 0.537. The van der Waals surface area contributed by atoms with Crippen LogP contribution in [0.1, 0.15) is 0 Å². The van der Waals surface area contributed by atoms with Gasteiger partial charge in [0.1, 0.15) is 0 Å². The van der Waals surface area contributed by atoms with E-state index < -0.39 is 15.1 Å². The van der Waals surface area contributed by atoms with Gasteiger partial charge in [0.2, 0.25) is 0 Å².